The number of thioether (sulfide) groups is 1. The average Bonchev–Trinajstić information content (AvgIpc) is 2.46. The Hall–Kier alpha value is -2.41. The predicted molar refractivity (Wildman–Crippen MR) is 73.9 cm³/mol. The summed E-state index contributed by atoms with van der Waals surface area (Å²) in [5, 5.41) is 20.0. The first-order valence-corrected chi connectivity index (χ1v) is 6.60. The van der Waals surface area contributed by atoms with Crippen molar-refractivity contribution in [2.24, 2.45) is 0 Å². The molecule has 0 spiro atoms. The van der Waals surface area contributed by atoms with Crippen LogP contribution in [0.15, 0.2) is 47.6 Å². The number of non-ortho nitro benzene ring substituents is 1. The molecule has 0 amide bonds. The fourth-order valence-electron chi connectivity index (χ4n) is 1.46. The van der Waals surface area contributed by atoms with Gasteiger partial charge in [0.05, 0.1) is 15.5 Å². The van der Waals surface area contributed by atoms with Gasteiger partial charge in [-0.25, -0.2) is 9.78 Å². The van der Waals surface area contributed by atoms with Crippen molar-refractivity contribution in [3.63, 3.8) is 0 Å². The van der Waals surface area contributed by atoms with Crippen molar-refractivity contribution >= 4 is 23.4 Å². The van der Waals surface area contributed by atoms with Crippen molar-refractivity contribution in [1.29, 1.82) is 0 Å². The number of rotatable bonds is 5. The van der Waals surface area contributed by atoms with Crippen LogP contribution in [0.3, 0.4) is 0 Å². The van der Waals surface area contributed by atoms with Gasteiger partial charge in [0.15, 0.2) is 0 Å². The molecule has 7 heteroatoms. The van der Waals surface area contributed by atoms with E-state index in [1.54, 1.807) is 18.2 Å². The molecule has 0 unspecified atom stereocenters. The minimum Gasteiger partial charge on any atom is -0.478 e. The number of carboxylic acids is 1. The molecular weight excluding hydrogens is 280 g/mol. The minimum absolute atomic E-state index is 0.0580. The molecule has 0 aliphatic carbocycles. The maximum atomic E-state index is 10.7. The van der Waals surface area contributed by atoms with E-state index >= 15 is 0 Å². The fraction of sp³-hybridized carbons (Fsp3) is 0.0769. The third-order valence-electron chi connectivity index (χ3n) is 2.52. The van der Waals surface area contributed by atoms with Crippen LogP contribution >= 0.6 is 11.8 Å². The number of carboxylic acid groups (broad SMARTS) is 1. The summed E-state index contributed by atoms with van der Waals surface area (Å²) in [6, 6.07) is 9.42. The average molecular weight is 290 g/mol. The Labute approximate surface area is 118 Å². The highest BCUT2D eigenvalue weighted by atomic mass is 32.2. The lowest BCUT2D eigenvalue weighted by Gasteiger charge is -2.02. The monoisotopic (exact) mass is 290 g/mol. The highest BCUT2D eigenvalue weighted by molar-refractivity contribution is 7.98. The summed E-state index contributed by atoms with van der Waals surface area (Å²) in [7, 11) is 0. The minimum atomic E-state index is -1.01. The first kappa shape index (κ1) is 14.0. The van der Waals surface area contributed by atoms with E-state index in [1.165, 1.54) is 36.2 Å². The van der Waals surface area contributed by atoms with E-state index in [0.717, 1.165) is 5.56 Å². The first-order valence-electron chi connectivity index (χ1n) is 5.62. The van der Waals surface area contributed by atoms with Crippen LogP contribution in [0.1, 0.15) is 15.9 Å². The number of aromatic carboxylic acids is 1. The van der Waals surface area contributed by atoms with Gasteiger partial charge in [-0.05, 0) is 17.7 Å². The first-order chi connectivity index (χ1) is 9.56. The summed E-state index contributed by atoms with van der Waals surface area (Å²) in [5.74, 6) is -0.401. The van der Waals surface area contributed by atoms with Gasteiger partial charge in [0, 0.05) is 24.1 Å². The SMILES string of the molecule is O=C(O)c1ccc(SCc2ccc([N+](=O)[O-])cc2)nc1. The Balaban J connectivity index is 1.97. The van der Waals surface area contributed by atoms with Gasteiger partial charge >= 0.3 is 5.97 Å². The van der Waals surface area contributed by atoms with Crippen molar-refractivity contribution in [3.8, 4) is 0 Å². The Morgan fingerprint density at radius 3 is 2.45 bits per heavy atom. The number of nitro benzene ring substituents is 1. The third kappa shape index (κ3) is 3.55. The van der Waals surface area contributed by atoms with Crippen LogP contribution in [0.5, 0.6) is 0 Å². The predicted octanol–water partition coefficient (Wildman–Crippen LogP) is 2.98. The number of nitrogens with zero attached hydrogens (tertiary/aromatic N) is 2. The molecular formula is C13H10N2O4S. The number of pyridine rings is 1. The van der Waals surface area contributed by atoms with E-state index in [2.05, 4.69) is 4.98 Å². The lowest BCUT2D eigenvalue weighted by Crippen LogP contribution is -1.96. The second-order valence-electron chi connectivity index (χ2n) is 3.90. The second kappa shape index (κ2) is 6.16. The smallest absolute Gasteiger partial charge is 0.337 e. The molecule has 6 nitrogen and oxygen atoms in total. The largest absolute Gasteiger partial charge is 0.478 e. The molecule has 1 heterocycles. The van der Waals surface area contributed by atoms with Crippen LogP contribution in [0.4, 0.5) is 5.69 Å². The highest BCUT2D eigenvalue weighted by Crippen LogP contribution is 2.22. The number of nitro groups is 1. The van der Waals surface area contributed by atoms with Crippen LogP contribution in [0.2, 0.25) is 0 Å². The summed E-state index contributed by atoms with van der Waals surface area (Å²) in [4.78, 5) is 24.8. The number of hydrogen-bond acceptors (Lipinski definition) is 5. The molecule has 20 heavy (non-hydrogen) atoms. The molecule has 0 radical (unpaired) electrons. The lowest BCUT2D eigenvalue weighted by atomic mass is 10.2. The van der Waals surface area contributed by atoms with E-state index in [4.69, 9.17) is 5.11 Å². The van der Waals surface area contributed by atoms with Gasteiger partial charge in [-0.15, -0.1) is 11.8 Å². The van der Waals surface area contributed by atoms with Crippen LogP contribution < -0.4 is 0 Å². The van der Waals surface area contributed by atoms with E-state index < -0.39 is 10.9 Å². The normalized spacial score (nSPS) is 10.2. The number of carbonyl (C=O) groups is 1. The maximum Gasteiger partial charge on any atom is 0.337 e. The second-order valence-corrected chi connectivity index (χ2v) is 4.90. The molecule has 0 bridgehead atoms. The van der Waals surface area contributed by atoms with Gasteiger partial charge in [-0.2, -0.15) is 0 Å². The van der Waals surface area contributed by atoms with Crippen molar-refractivity contribution in [1.82, 2.24) is 4.98 Å². The fourth-order valence-corrected chi connectivity index (χ4v) is 2.26. The molecule has 2 rings (SSSR count). The summed E-state index contributed by atoms with van der Waals surface area (Å²) >= 11 is 1.43. The lowest BCUT2D eigenvalue weighted by molar-refractivity contribution is -0.384. The van der Waals surface area contributed by atoms with Crippen LogP contribution in [0, 0.1) is 10.1 Å². The van der Waals surface area contributed by atoms with Crippen molar-refractivity contribution in [3.05, 3.63) is 63.8 Å². The maximum absolute atomic E-state index is 10.7. The van der Waals surface area contributed by atoms with Gasteiger partial charge in [0.1, 0.15) is 0 Å². The molecule has 0 atom stereocenters. The third-order valence-corrected chi connectivity index (χ3v) is 3.53. The Bertz CT molecular complexity index is 568. The summed E-state index contributed by atoms with van der Waals surface area (Å²) in [6.07, 6.45) is 1.31. The van der Waals surface area contributed by atoms with Gasteiger partial charge in [0.25, 0.3) is 5.69 Å². The topological polar surface area (TPSA) is 93.3 Å². The van der Waals surface area contributed by atoms with Crippen molar-refractivity contribution < 1.29 is 14.8 Å². The summed E-state index contributed by atoms with van der Waals surface area (Å²) < 4.78 is 0. The molecule has 102 valence electrons. The van der Waals surface area contributed by atoms with E-state index in [1.807, 2.05) is 0 Å². The molecule has 0 saturated heterocycles. The quantitative estimate of drug-likeness (QED) is 0.517. The summed E-state index contributed by atoms with van der Waals surface area (Å²) in [5.41, 5.74) is 1.14. The summed E-state index contributed by atoms with van der Waals surface area (Å²) in [6.45, 7) is 0. The van der Waals surface area contributed by atoms with Gasteiger partial charge in [0.2, 0.25) is 0 Å². The molecule has 0 fully saturated rings. The molecule has 1 N–H and O–H groups in total. The van der Waals surface area contributed by atoms with Crippen molar-refractivity contribution in [2.45, 2.75) is 10.8 Å². The van der Waals surface area contributed by atoms with Crippen LogP contribution in [-0.4, -0.2) is 21.0 Å². The number of aromatic nitrogens is 1. The van der Waals surface area contributed by atoms with Crippen LogP contribution in [0.25, 0.3) is 0 Å². The van der Waals surface area contributed by atoms with Gasteiger partial charge < -0.3 is 5.11 Å². The molecule has 1 aromatic heterocycles. The Morgan fingerprint density at radius 1 is 1.25 bits per heavy atom. The molecule has 1 aromatic carbocycles. The molecule has 0 saturated carbocycles. The van der Waals surface area contributed by atoms with Gasteiger partial charge in [-0.3, -0.25) is 10.1 Å². The van der Waals surface area contributed by atoms with E-state index in [0.29, 0.717) is 10.8 Å². The Kier molecular flexibility index (Phi) is 4.31. The Morgan fingerprint density at radius 2 is 1.95 bits per heavy atom. The van der Waals surface area contributed by atoms with Crippen LogP contribution in [-0.2, 0) is 5.75 Å². The number of benzene rings is 1. The molecule has 2 aromatic rings. The van der Waals surface area contributed by atoms with E-state index in [9.17, 15) is 14.9 Å². The van der Waals surface area contributed by atoms with E-state index in [-0.39, 0.29) is 11.3 Å². The standard InChI is InChI=1S/C13H10N2O4S/c16-13(17)10-3-6-12(14-7-10)20-8-9-1-4-11(5-2-9)15(18)19/h1-7H,8H2,(H,16,17). The zero-order valence-electron chi connectivity index (χ0n) is 10.2. The highest BCUT2D eigenvalue weighted by Gasteiger charge is 2.06. The zero-order valence-corrected chi connectivity index (χ0v) is 11.0. The van der Waals surface area contributed by atoms with Gasteiger partial charge in [-0.1, -0.05) is 12.1 Å². The number of hydrogen-bond donors (Lipinski definition) is 1. The molecule has 0 aliphatic rings. The zero-order chi connectivity index (χ0) is 14.5. The van der Waals surface area contributed by atoms with Crippen molar-refractivity contribution in [2.75, 3.05) is 0 Å². The molecule has 0 aliphatic heterocycles.